The number of alkyl halides is 3. The van der Waals surface area contributed by atoms with E-state index in [-0.39, 0.29) is 5.91 Å². The molecule has 1 aliphatic heterocycles. The molecule has 0 spiro atoms. The quantitative estimate of drug-likeness (QED) is 0.478. The highest BCUT2D eigenvalue weighted by molar-refractivity contribution is 6.32. The maximum atomic E-state index is 12.4. The summed E-state index contributed by atoms with van der Waals surface area (Å²) in [5, 5.41) is 24.9. The Hall–Kier alpha value is -3.38. The largest absolute Gasteiger partial charge is 0.490 e. The SMILES string of the molecule is O=C(Nc1[nH]ncc1C1CNC1)c1ccn(-c2ccccc2Cl)n1.O=C(O)C(F)(F)F. The fourth-order valence-corrected chi connectivity index (χ4v) is 2.83. The number of aromatic amines is 1. The first-order valence-electron chi connectivity index (χ1n) is 8.83. The number of H-pyrrole nitrogens is 1. The third kappa shape index (κ3) is 5.41. The molecule has 0 aliphatic carbocycles. The zero-order chi connectivity index (χ0) is 22.6. The standard InChI is InChI=1S/C16H15ClN6O.C2HF3O2/c17-12-3-1-2-4-14(12)23-6-5-13(22-23)16(24)20-15-11(9-19-21-15)10-7-18-8-10;3-2(4,5)1(6)7/h1-6,9-10,18H,7-8H2,(H2,19,20,21,24);(H,6,7). The second kappa shape index (κ2) is 9.18. The van der Waals surface area contributed by atoms with Gasteiger partial charge in [-0.05, 0) is 18.2 Å². The zero-order valence-corrected chi connectivity index (χ0v) is 16.4. The van der Waals surface area contributed by atoms with Gasteiger partial charge in [0.15, 0.2) is 5.69 Å². The minimum absolute atomic E-state index is 0.293. The van der Waals surface area contributed by atoms with Crippen molar-refractivity contribution in [3.63, 3.8) is 0 Å². The number of nitrogens with one attached hydrogen (secondary N) is 3. The highest BCUT2D eigenvalue weighted by Crippen LogP contribution is 2.26. The predicted octanol–water partition coefficient (Wildman–Crippen LogP) is 2.82. The number of amides is 1. The van der Waals surface area contributed by atoms with Crippen LogP contribution in [0.4, 0.5) is 19.0 Å². The lowest BCUT2D eigenvalue weighted by molar-refractivity contribution is -0.192. The van der Waals surface area contributed by atoms with Gasteiger partial charge in [0.25, 0.3) is 5.91 Å². The van der Waals surface area contributed by atoms with Crippen LogP contribution in [0, 0.1) is 0 Å². The van der Waals surface area contributed by atoms with Crippen LogP contribution >= 0.6 is 11.6 Å². The summed E-state index contributed by atoms with van der Waals surface area (Å²) in [6, 6.07) is 8.99. The van der Waals surface area contributed by atoms with Gasteiger partial charge in [-0.15, -0.1) is 0 Å². The molecule has 3 aromatic rings. The molecule has 3 heterocycles. The molecule has 1 saturated heterocycles. The van der Waals surface area contributed by atoms with Crippen molar-refractivity contribution in [2.75, 3.05) is 18.4 Å². The third-order valence-corrected chi connectivity index (χ3v) is 4.61. The summed E-state index contributed by atoms with van der Waals surface area (Å²) in [6.07, 6.45) is -1.62. The summed E-state index contributed by atoms with van der Waals surface area (Å²) in [7, 11) is 0. The molecule has 164 valence electrons. The number of aliphatic carboxylic acids is 1. The first kappa shape index (κ1) is 22.3. The monoisotopic (exact) mass is 456 g/mol. The fourth-order valence-electron chi connectivity index (χ4n) is 2.61. The van der Waals surface area contributed by atoms with E-state index in [0.717, 1.165) is 24.3 Å². The third-order valence-electron chi connectivity index (χ3n) is 4.29. The number of rotatable bonds is 4. The first-order valence-corrected chi connectivity index (χ1v) is 9.20. The van der Waals surface area contributed by atoms with Gasteiger partial charge in [-0.25, -0.2) is 9.48 Å². The molecular weight excluding hydrogens is 441 g/mol. The van der Waals surface area contributed by atoms with Gasteiger partial charge in [0, 0.05) is 30.8 Å². The van der Waals surface area contributed by atoms with Gasteiger partial charge in [0.1, 0.15) is 5.82 Å². The molecule has 0 radical (unpaired) electrons. The van der Waals surface area contributed by atoms with Crippen LogP contribution in [0.15, 0.2) is 42.7 Å². The van der Waals surface area contributed by atoms with Gasteiger partial charge in [0.05, 0.1) is 16.9 Å². The molecule has 0 unspecified atom stereocenters. The molecule has 2 aromatic heterocycles. The Bertz CT molecular complexity index is 1080. The Morgan fingerprint density at radius 3 is 2.48 bits per heavy atom. The molecule has 1 fully saturated rings. The smallest absolute Gasteiger partial charge is 0.475 e. The van der Waals surface area contributed by atoms with Gasteiger partial charge in [-0.1, -0.05) is 23.7 Å². The molecule has 1 amide bonds. The van der Waals surface area contributed by atoms with Crippen molar-refractivity contribution in [2.24, 2.45) is 0 Å². The van der Waals surface area contributed by atoms with Crippen molar-refractivity contribution in [3.05, 3.63) is 59.0 Å². The number of carboxylic acid groups (broad SMARTS) is 1. The molecule has 0 saturated carbocycles. The van der Waals surface area contributed by atoms with E-state index in [1.165, 1.54) is 0 Å². The highest BCUT2D eigenvalue weighted by Gasteiger charge is 2.38. The predicted molar refractivity (Wildman–Crippen MR) is 104 cm³/mol. The lowest BCUT2D eigenvalue weighted by Crippen LogP contribution is -2.40. The van der Waals surface area contributed by atoms with Crippen molar-refractivity contribution in [3.8, 4) is 5.69 Å². The van der Waals surface area contributed by atoms with Crippen LogP contribution in [0.3, 0.4) is 0 Å². The molecule has 4 rings (SSSR count). The normalized spacial score (nSPS) is 13.7. The Morgan fingerprint density at radius 2 is 1.90 bits per heavy atom. The van der Waals surface area contributed by atoms with Gasteiger partial charge < -0.3 is 15.7 Å². The van der Waals surface area contributed by atoms with Gasteiger partial charge >= 0.3 is 12.1 Å². The number of carbonyl (C=O) groups excluding carboxylic acids is 1. The summed E-state index contributed by atoms with van der Waals surface area (Å²) in [5.74, 6) is -2.05. The Balaban J connectivity index is 0.000000339. The van der Waals surface area contributed by atoms with Crippen molar-refractivity contribution >= 4 is 29.3 Å². The zero-order valence-electron chi connectivity index (χ0n) is 15.7. The minimum Gasteiger partial charge on any atom is -0.475 e. The van der Waals surface area contributed by atoms with E-state index in [2.05, 4.69) is 25.9 Å². The van der Waals surface area contributed by atoms with Crippen LogP contribution in [-0.2, 0) is 4.79 Å². The lowest BCUT2D eigenvalue weighted by atomic mass is 9.96. The van der Waals surface area contributed by atoms with Crippen LogP contribution in [0.5, 0.6) is 0 Å². The van der Waals surface area contributed by atoms with Crippen molar-refractivity contribution < 1.29 is 27.9 Å². The van der Waals surface area contributed by atoms with Crippen LogP contribution in [-0.4, -0.2) is 56.2 Å². The lowest BCUT2D eigenvalue weighted by Gasteiger charge is -2.26. The summed E-state index contributed by atoms with van der Waals surface area (Å²) in [4.78, 5) is 21.3. The average molecular weight is 457 g/mol. The van der Waals surface area contributed by atoms with Crippen LogP contribution < -0.4 is 10.6 Å². The number of hydrogen-bond acceptors (Lipinski definition) is 5. The van der Waals surface area contributed by atoms with Crippen molar-refractivity contribution in [1.82, 2.24) is 25.3 Å². The Kier molecular flexibility index (Phi) is 6.61. The van der Waals surface area contributed by atoms with E-state index < -0.39 is 12.1 Å². The summed E-state index contributed by atoms with van der Waals surface area (Å²) >= 11 is 6.16. The number of halogens is 4. The topological polar surface area (TPSA) is 125 Å². The van der Waals surface area contributed by atoms with E-state index in [1.54, 1.807) is 29.2 Å². The summed E-state index contributed by atoms with van der Waals surface area (Å²) in [5.41, 5.74) is 2.04. The first-order chi connectivity index (χ1) is 14.7. The molecule has 31 heavy (non-hydrogen) atoms. The second-order valence-corrected chi connectivity index (χ2v) is 6.82. The summed E-state index contributed by atoms with van der Waals surface area (Å²) < 4.78 is 33.3. The van der Waals surface area contributed by atoms with E-state index in [4.69, 9.17) is 21.5 Å². The molecule has 1 aliphatic rings. The number of hydrogen-bond donors (Lipinski definition) is 4. The van der Waals surface area contributed by atoms with E-state index >= 15 is 0 Å². The van der Waals surface area contributed by atoms with E-state index in [9.17, 15) is 18.0 Å². The van der Waals surface area contributed by atoms with Crippen LogP contribution in [0.25, 0.3) is 5.69 Å². The molecule has 4 N–H and O–H groups in total. The number of aromatic nitrogens is 4. The molecule has 0 bridgehead atoms. The maximum Gasteiger partial charge on any atom is 0.490 e. The maximum absolute atomic E-state index is 12.4. The van der Waals surface area contributed by atoms with E-state index in [0.29, 0.717) is 22.5 Å². The van der Waals surface area contributed by atoms with Crippen molar-refractivity contribution in [1.29, 1.82) is 0 Å². The van der Waals surface area contributed by atoms with Gasteiger partial charge in [-0.3, -0.25) is 9.89 Å². The highest BCUT2D eigenvalue weighted by atomic mass is 35.5. The number of para-hydroxylation sites is 1. The van der Waals surface area contributed by atoms with E-state index in [1.807, 2.05) is 18.2 Å². The number of anilines is 1. The minimum atomic E-state index is -5.08. The van der Waals surface area contributed by atoms with Crippen LogP contribution in [0.2, 0.25) is 5.02 Å². The fraction of sp³-hybridized carbons (Fsp3) is 0.222. The molecule has 13 heteroatoms. The molecular formula is C18H16ClF3N6O3. The summed E-state index contributed by atoms with van der Waals surface area (Å²) in [6.45, 7) is 1.78. The van der Waals surface area contributed by atoms with Gasteiger partial charge in [-0.2, -0.15) is 23.4 Å². The van der Waals surface area contributed by atoms with Gasteiger partial charge in [0.2, 0.25) is 0 Å². The Labute approximate surface area is 178 Å². The van der Waals surface area contributed by atoms with Crippen LogP contribution in [0.1, 0.15) is 22.0 Å². The Morgan fingerprint density at radius 1 is 1.23 bits per heavy atom. The van der Waals surface area contributed by atoms with Crippen molar-refractivity contribution in [2.45, 2.75) is 12.1 Å². The number of carboxylic acids is 1. The average Bonchev–Trinajstić information content (AvgIpc) is 3.31. The molecule has 1 aromatic carbocycles. The number of carbonyl (C=O) groups is 2. The number of nitrogens with zero attached hydrogens (tertiary/aromatic N) is 3. The number of benzene rings is 1. The molecule has 9 nitrogen and oxygen atoms in total. The molecule has 0 atom stereocenters. The second-order valence-electron chi connectivity index (χ2n) is 6.41.